The van der Waals surface area contributed by atoms with Crippen LogP contribution >= 0.6 is 22.7 Å². The van der Waals surface area contributed by atoms with E-state index in [2.05, 4.69) is 58.6 Å². The Kier molecular flexibility index (Phi) is 5.24. The molecule has 2 aromatic heterocycles. The molecule has 5 nitrogen and oxygen atoms in total. The molecule has 7 heteroatoms. The van der Waals surface area contributed by atoms with E-state index in [9.17, 15) is 4.79 Å². The predicted octanol–water partition coefficient (Wildman–Crippen LogP) is 5.16. The van der Waals surface area contributed by atoms with Gasteiger partial charge in [-0.1, -0.05) is 63.3 Å². The van der Waals surface area contributed by atoms with Crippen molar-refractivity contribution in [3.63, 3.8) is 0 Å². The standard InChI is InChI=1S/C18H20N4OS2/c1-10(2)12-5-7-13(8-6-12)17-19-14(9-24-17)15(23)20-18-22-21-16(25-18)11(3)4/h5-11H,1-4H3,(H,20,22,23). The molecular weight excluding hydrogens is 352 g/mol. The molecule has 3 rings (SSSR count). The van der Waals surface area contributed by atoms with Gasteiger partial charge in [-0.3, -0.25) is 10.1 Å². The number of anilines is 1. The summed E-state index contributed by atoms with van der Waals surface area (Å²) in [4.78, 5) is 16.8. The second kappa shape index (κ2) is 7.41. The quantitative estimate of drug-likeness (QED) is 0.671. The number of nitrogens with one attached hydrogen (secondary N) is 1. The van der Waals surface area contributed by atoms with E-state index in [1.807, 2.05) is 13.8 Å². The molecule has 0 unspecified atom stereocenters. The van der Waals surface area contributed by atoms with Gasteiger partial charge in [0.05, 0.1) is 0 Å². The summed E-state index contributed by atoms with van der Waals surface area (Å²) in [5.74, 6) is 0.532. The molecule has 130 valence electrons. The Hall–Kier alpha value is -2.12. The minimum atomic E-state index is -0.257. The number of nitrogens with zero attached hydrogens (tertiary/aromatic N) is 3. The lowest BCUT2D eigenvalue weighted by Gasteiger charge is -2.05. The normalized spacial score (nSPS) is 11.3. The molecule has 1 amide bonds. The summed E-state index contributed by atoms with van der Waals surface area (Å²) in [6.45, 7) is 8.42. The molecule has 0 aliphatic rings. The minimum absolute atomic E-state index is 0.257. The molecule has 0 saturated carbocycles. The van der Waals surface area contributed by atoms with Crippen molar-refractivity contribution >= 4 is 33.7 Å². The highest BCUT2D eigenvalue weighted by atomic mass is 32.1. The van der Waals surface area contributed by atoms with Crippen molar-refractivity contribution < 1.29 is 4.79 Å². The Morgan fingerprint density at radius 2 is 1.76 bits per heavy atom. The van der Waals surface area contributed by atoms with Gasteiger partial charge in [-0.25, -0.2) is 4.98 Å². The second-order valence-corrected chi connectivity index (χ2v) is 8.24. The number of hydrogen-bond donors (Lipinski definition) is 1. The van der Waals surface area contributed by atoms with E-state index in [0.717, 1.165) is 15.6 Å². The average molecular weight is 373 g/mol. The number of carbonyl (C=O) groups is 1. The Labute approximate surface area is 155 Å². The van der Waals surface area contributed by atoms with Crippen LogP contribution in [0.2, 0.25) is 0 Å². The number of amides is 1. The van der Waals surface area contributed by atoms with Gasteiger partial charge in [0.25, 0.3) is 5.91 Å². The lowest BCUT2D eigenvalue weighted by Crippen LogP contribution is -2.12. The van der Waals surface area contributed by atoms with Crippen LogP contribution in [-0.4, -0.2) is 21.1 Å². The molecule has 0 bridgehead atoms. The highest BCUT2D eigenvalue weighted by Crippen LogP contribution is 2.27. The fourth-order valence-corrected chi connectivity index (χ4v) is 3.75. The lowest BCUT2D eigenvalue weighted by atomic mass is 10.0. The molecule has 1 aromatic carbocycles. The largest absolute Gasteiger partial charge is 0.295 e. The van der Waals surface area contributed by atoms with Crippen LogP contribution in [-0.2, 0) is 0 Å². The molecular formula is C18H20N4OS2. The molecule has 25 heavy (non-hydrogen) atoms. The number of aromatic nitrogens is 3. The van der Waals surface area contributed by atoms with Crippen LogP contribution in [0.25, 0.3) is 10.6 Å². The van der Waals surface area contributed by atoms with E-state index in [-0.39, 0.29) is 5.91 Å². The third kappa shape index (κ3) is 4.11. The first-order chi connectivity index (χ1) is 11.9. The van der Waals surface area contributed by atoms with Gasteiger partial charge in [-0.15, -0.1) is 21.5 Å². The van der Waals surface area contributed by atoms with Gasteiger partial charge in [0.1, 0.15) is 15.7 Å². The number of carbonyl (C=O) groups excluding carboxylic acids is 1. The molecule has 0 spiro atoms. The highest BCUT2D eigenvalue weighted by Gasteiger charge is 2.15. The summed E-state index contributed by atoms with van der Waals surface area (Å²) in [7, 11) is 0. The maximum Gasteiger partial charge on any atom is 0.276 e. The first kappa shape index (κ1) is 17.7. The van der Waals surface area contributed by atoms with Crippen molar-refractivity contribution in [2.75, 3.05) is 5.32 Å². The summed E-state index contributed by atoms with van der Waals surface area (Å²) in [6.07, 6.45) is 0. The number of hydrogen-bond acceptors (Lipinski definition) is 6. The molecule has 0 fully saturated rings. The van der Waals surface area contributed by atoms with Gasteiger partial charge in [0.2, 0.25) is 5.13 Å². The van der Waals surface area contributed by atoms with E-state index in [0.29, 0.717) is 22.7 Å². The zero-order valence-electron chi connectivity index (χ0n) is 14.6. The van der Waals surface area contributed by atoms with Crippen LogP contribution in [0.3, 0.4) is 0 Å². The van der Waals surface area contributed by atoms with Crippen LogP contribution in [0.4, 0.5) is 5.13 Å². The van der Waals surface area contributed by atoms with Gasteiger partial charge >= 0.3 is 0 Å². The van der Waals surface area contributed by atoms with Gasteiger partial charge in [-0.05, 0) is 11.5 Å². The molecule has 0 radical (unpaired) electrons. The van der Waals surface area contributed by atoms with Crippen LogP contribution in [0.5, 0.6) is 0 Å². The van der Waals surface area contributed by atoms with E-state index in [1.54, 1.807) is 5.38 Å². The zero-order chi connectivity index (χ0) is 18.0. The molecule has 3 aromatic rings. The Balaban J connectivity index is 1.72. The highest BCUT2D eigenvalue weighted by molar-refractivity contribution is 7.15. The molecule has 0 aliphatic heterocycles. The average Bonchev–Trinajstić information content (AvgIpc) is 3.24. The van der Waals surface area contributed by atoms with Crippen molar-refractivity contribution in [1.82, 2.24) is 15.2 Å². The first-order valence-corrected chi connectivity index (χ1v) is 9.84. The third-order valence-electron chi connectivity index (χ3n) is 3.72. The zero-order valence-corrected chi connectivity index (χ0v) is 16.2. The Bertz CT molecular complexity index is 865. The van der Waals surface area contributed by atoms with Gasteiger partial charge in [-0.2, -0.15) is 0 Å². The smallest absolute Gasteiger partial charge is 0.276 e. The van der Waals surface area contributed by atoms with Crippen LogP contribution < -0.4 is 5.32 Å². The molecule has 0 atom stereocenters. The predicted molar refractivity (Wildman–Crippen MR) is 104 cm³/mol. The summed E-state index contributed by atoms with van der Waals surface area (Å²) in [5.41, 5.74) is 2.70. The van der Waals surface area contributed by atoms with Gasteiger partial charge in [0, 0.05) is 16.9 Å². The van der Waals surface area contributed by atoms with Crippen LogP contribution in [0.15, 0.2) is 29.6 Å². The number of benzene rings is 1. The molecule has 1 N–H and O–H groups in total. The number of rotatable bonds is 5. The summed E-state index contributed by atoms with van der Waals surface area (Å²) >= 11 is 2.85. The maximum absolute atomic E-state index is 12.4. The van der Waals surface area contributed by atoms with Crippen LogP contribution in [0.1, 0.15) is 60.6 Å². The van der Waals surface area contributed by atoms with Crippen molar-refractivity contribution in [2.24, 2.45) is 0 Å². The van der Waals surface area contributed by atoms with Crippen LogP contribution in [0, 0.1) is 0 Å². The number of thiazole rings is 1. The van der Waals surface area contributed by atoms with Crippen molar-refractivity contribution in [3.05, 3.63) is 45.9 Å². The topological polar surface area (TPSA) is 67.8 Å². The molecule has 0 aliphatic carbocycles. The van der Waals surface area contributed by atoms with Crippen molar-refractivity contribution in [3.8, 4) is 10.6 Å². The molecule has 0 saturated heterocycles. The van der Waals surface area contributed by atoms with Crippen molar-refractivity contribution in [1.29, 1.82) is 0 Å². The van der Waals surface area contributed by atoms with Gasteiger partial charge in [0.15, 0.2) is 0 Å². The summed E-state index contributed by atoms with van der Waals surface area (Å²) in [6, 6.07) is 8.32. The minimum Gasteiger partial charge on any atom is -0.295 e. The summed E-state index contributed by atoms with van der Waals surface area (Å²) in [5, 5.41) is 14.9. The SMILES string of the molecule is CC(C)c1ccc(-c2nc(C(=O)Nc3nnc(C(C)C)s3)cs2)cc1. The molecule has 2 heterocycles. The maximum atomic E-state index is 12.4. The van der Waals surface area contributed by atoms with E-state index in [1.165, 1.54) is 28.2 Å². The van der Waals surface area contributed by atoms with E-state index >= 15 is 0 Å². The fourth-order valence-electron chi connectivity index (χ4n) is 2.20. The first-order valence-electron chi connectivity index (χ1n) is 8.14. The van der Waals surface area contributed by atoms with Crippen molar-refractivity contribution in [2.45, 2.75) is 39.5 Å². The van der Waals surface area contributed by atoms with Gasteiger partial charge < -0.3 is 0 Å². The Morgan fingerprint density at radius 1 is 1.04 bits per heavy atom. The second-order valence-electron chi connectivity index (χ2n) is 6.37. The Morgan fingerprint density at radius 3 is 2.36 bits per heavy atom. The summed E-state index contributed by atoms with van der Waals surface area (Å²) < 4.78 is 0. The monoisotopic (exact) mass is 372 g/mol. The van der Waals surface area contributed by atoms with E-state index in [4.69, 9.17) is 0 Å². The van der Waals surface area contributed by atoms with E-state index < -0.39 is 0 Å². The lowest BCUT2D eigenvalue weighted by molar-refractivity contribution is 0.102. The third-order valence-corrected chi connectivity index (χ3v) is 5.75. The fraction of sp³-hybridized carbons (Fsp3) is 0.333.